The number of methoxy groups -OCH3 is 1. The van der Waals surface area contributed by atoms with Crippen molar-refractivity contribution >= 4 is 43.7 Å². The van der Waals surface area contributed by atoms with Gasteiger partial charge in [0.15, 0.2) is 0 Å². The zero-order valence-electron chi connectivity index (χ0n) is 15.7. The van der Waals surface area contributed by atoms with Crippen molar-refractivity contribution in [3.05, 3.63) is 63.3 Å². The van der Waals surface area contributed by atoms with E-state index in [0.717, 1.165) is 56.5 Å². The van der Waals surface area contributed by atoms with Crippen LogP contribution in [0.5, 0.6) is 5.75 Å². The second-order valence-corrected chi connectivity index (χ2v) is 7.63. The van der Waals surface area contributed by atoms with Gasteiger partial charge in [0.05, 0.1) is 18.3 Å². The molecule has 2 aromatic carbocycles. The molecule has 2 N–H and O–H groups in total. The Morgan fingerprint density at radius 3 is 2.67 bits per heavy atom. The van der Waals surface area contributed by atoms with Gasteiger partial charge in [-0.2, -0.15) is 0 Å². The van der Waals surface area contributed by atoms with Gasteiger partial charge in [-0.1, -0.05) is 25.5 Å². The van der Waals surface area contributed by atoms with Gasteiger partial charge in [0.2, 0.25) is 0 Å². The van der Waals surface area contributed by atoms with Crippen LogP contribution in [0, 0.1) is 6.92 Å². The number of nitrogens with one attached hydrogen (secondary N) is 2. The molecule has 2 heterocycles. The molecule has 0 aliphatic carbocycles. The summed E-state index contributed by atoms with van der Waals surface area (Å²) in [6.45, 7) is 4.17. The average Bonchev–Trinajstić information content (AvgIpc) is 3.16. The molecule has 0 radical (unpaired) electrons. The molecular formula is C22H22N2O2S. The first-order valence-corrected chi connectivity index (χ1v) is 9.97. The molecule has 0 spiro atoms. The predicted octanol–water partition coefficient (Wildman–Crippen LogP) is 5.76. The SMILES string of the molecule is CCCc1ccc(Nc2c(OC)cc(C)c3[nH]c(=O)c4sccc4c23)cc1. The van der Waals surface area contributed by atoms with E-state index in [0.29, 0.717) is 0 Å². The highest BCUT2D eigenvalue weighted by molar-refractivity contribution is 7.17. The summed E-state index contributed by atoms with van der Waals surface area (Å²) in [6, 6.07) is 12.4. The van der Waals surface area contributed by atoms with E-state index in [-0.39, 0.29) is 5.56 Å². The number of pyridine rings is 1. The molecule has 4 rings (SSSR count). The molecular weight excluding hydrogens is 356 g/mol. The number of anilines is 2. The number of thiophene rings is 1. The first-order chi connectivity index (χ1) is 13.1. The smallest absolute Gasteiger partial charge is 0.266 e. The summed E-state index contributed by atoms with van der Waals surface area (Å²) in [6.07, 6.45) is 2.21. The number of H-pyrrole nitrogens is 1. The number of ether oxygens (including phenoxy) is 1. The molecule has 0 bridgehead atoms. The van der Waals surface area contributed by atoms with Crippen LogP contribution in [-0.2, 0) is 6.42 Å². The normalized spacial score (nSPS) is 11.2. The van der Waals surface area contributed by atoms with E-state index in [2.05, 4.69) is 41.5 Å². The van der Waals surface area contributed by atoms with E-state index < -0.39 is 0 Å². The molecule has 0 aliphatic heterocycles. The summed E-state index contributed by atoms with van der Waals surface area (Å²) in [4.78, 5) is 15.5. The van der Waals surface area contributed by atoms with Crippen molar-refractivity contribution in [2.45, 2.75) is 26.7 Å². The average molecular weight is 378 g/mol. The van der Waals surface area contributed by atoms with Gasteiger partial charge in [-0.05, 0) is 54.1 Å². The predicted molar refractivity (Wildman–Crippen MR) is 115 cm³/mol. The Morgan fingerprint density at radius 1 is 1.19 bits per heavy atom. The molecule has 27 heavy (non-hydrogen) atoms. The fraction of sp³-hybridized carbons (Fsp3) is 0.227. The standard InChI is InChI=1S/C22H22N2O2S/c1-4-5-14-6-8-15(9-7-14)23-20-17(26-3)12-13(2)19-18(20)16-10-11-27-21(16)22(25)24-19/h6-12,23H,4-5H2,1-3H3,(H,24,25). The van der Waals surface area contributed by atoms with Gasteiger partial charge in [-0.3, -0.25) is 4.79 Å². The molecule has 0 saturated carbocycles. The van der Waals surface area contributed by atoms with Gasteiger partial charge in [-0.15, -0.1) is 11.3 Å². The number of aromatic amines is 1. The van der Waals surface area contributed by atoms with Crippen molar-refractivity contribution in [1.82, 2.24) is 4.98 Å². The number of rotatable bonds is 5. The Balaban J connectivity index is 1.94. The highest BCUT2D eigenvalue weighted by Gasteiger charge is 2.17. The summed E-state index contributed by atoms with van der Waals surface area (Å²) in [7, 11) is 1.67. The fourth-order valence-electron chi connectivity index (χ4n) is 3.54. The second-order valence-electron chi connectivity index (χ2n) is 6.71. The zero-order valence-corrected chi connectivity index (χ0v) is 16.5. The third-order valence-corrected chi connectivity index (χ3v) is 5.76. The van der Waals surface area contributed by atoms with Crippen LogP contribution in [0.15, 0.2) is 46.6 Å². The van der Waals surface area contributed by atoms with E-state index in [1.54, 1.807) is 7.11 Å². The van der Waals surface area contributed by atoms with E-state index >= 15 is 0 Å². The molecule has 0 fully saturated rings. The van der Waals surface area contributed by atoms with Crippen LogP contribution in [0.3, 0.4) is 0 Å². The van der Waals surface area contributed by atoms with Crippen LogP contribution < -0.4 is 15.6 Å². The molecule has 4 aromatic rings. The van der Waals surface area contributed by atoms with Crippen LogP contribution in [-0.4, -0.2) is 12.1 Å². The Hall–Kier alpha value is -2.79. The minimum absolute atomic E-state index is 0.0457. The maximum atomic E-state index is 12.4. The van der Waals surface area contributed by atoms with Crippen LogP contribution in [0.25, 0.3) is 21.0 Å². The van der Waals surface area contributed by atoms with E-state index in [4.69, 9.17) is 4.74 Å². The number of aromatic nitrogens is 1. The maximum absolute atomic E-state index is 12.4. The molecule has 2 aromatic heterocycles. The van der Waals surface area contributed by atoms with Gasteiger partial charge in [0.1, 0.15) is 10.4 Å². The van der Waals surface area contributed by atoms with Crippen molar-refractivity contribution in [2.24, 2.45) is 0 Å². The molecule has 0 saturated heterocycles. The molecule has 138 valence electrons. The molecule has 4 nitrogen and oxygen atoms in total. The van der Waals surface area contributed by atoms with Crippen LogP contribution in [0.4, 0.5) is 11.4 Å². The van der Waals surface area contributed by atoms with Crippen LogP contribution >= 0.6 is 11.3 Å². The molecule has 0 unspecified atom stereocenters. The molecule has 0 atom stereocenters. The summed E-state index contributed by atoms with van der Waals surface area (Å²) in [5.74, 6) is 0.761. The van der Waals surface area contributed by atoms with Crippen molar-refractivity contribution in [3.63, 3.8) is 0 Å². The summed E-state index contributed by atoms with van der Waals surface area (Å²) < 4.78 is 6.41. The van der Waals surface area contributed by atoms with E-state index in [9.17, 15) is 4.79 Å². The summed E-state index contributed by atoms with van der Waals surface area (Å²) >= 11 is 1.46. The zero-order chi connectivity index (χ0) is 19.0. The van der Waals surface area contributed by atoms with E-state index in [1.165, 1.54) is 16.9 Å². The lowest BCUT2D eigenvalue weighted by molar-refractivity contribution is 0.417. The first kappa shape index (κ1) is 17.6. The van der Waals surface area contributed by atoms with Gasteiger partial charge in [-0.25, -0.2) is 0 Å². The van der Waals surface area contributed by atoms with Gasteiger partial charge in [0.25, 0.3) is 5.56 Å². The lowest BCUT2D eigenvalue weighted by atomic mass is 10.0. The lowest BCUT2D eigenvalue weighted by Gasteiger charge is -2.17. The fourth-order valence-corrected chi connectivity index (χ4v) is 4.34. The monoisotopic (exact) mass is 378 g/mol. The van der Waals surface area contributed by atoms with Crippen LogP contribution in [0.1, 0.15) is 24.5 Å². The largest absolute Gasteiger partial charge is 0.495 e. The second kappa shape index (κ2) is 7.08. The van der Waals surface area contributed by atoms with Crippen LogP contribution in [0.2, 0.25) is 0 Å². The Bertz CT molecular complexity index is 1170. The molecule has 5 heteroatoms. The highest BCUT2D eigenvalue weighted by atomic mass is 32.1. The maximum Gasteiger partial charge on any atom is 0.266 e. The Labute approximate surface area is 161 Å². The van der Waals surface area contributed by atoms with Gasteiger partial charge < -0.3 is 15.0 Å². The number of aryl methyl sites for hydroxylation is 2. The van der Waals surface area contributed by atoms with Crippen molar-refractivity contribution in [2.75, 3.05) is 12.4 Å². The number of fused-ring (bicyclic) bond motifs is 3. The third kappa shape index (κ3) is 3.08. The Morgan fingerprint density at radius 2 is 1.96 bits per heavy atom. The van der Waals surface area contributed by atoms with Gasteiger partial charge >= 0.3 is 0 Å². The highest BCUT2D eigenvalue weighted by Crippen LogP contribution is 2.40. The minimum Gasteiger partial charge on any atom is -0.495 e. The summed E-state index contributed by atoms with van der Waals surface area (Å²) in [5.41, 5.74) is 4.98. The van der Waals surface area contributed by atoms with E-state index in [1.807, 2.05) is 24.4 Å². The Kier molecular flexibility index (Phi) is 4.62. The summed E-state index contributed by atoms with van der Waals surface area (Å²) in [5, 5.41) is 7.41. The minimum atomic E-state index is -0.0457. The molecule has 0 amide bonds. The van der Waals surface area contributed by atoms with Crippen molar-refractivity contribution in [1.29, 1.82) is 0 Å². The topological polar surface area (TPSA) is 54.1 Å². The third-order valence-electron chi connectivity index (χ3n) is 4.85. The lowest BCUT2D eigenvalue weighted by Crippen LogP contribution is -2.07. The number of hydrogen-bond acceptors (Lipinski definition) is 4. The number of benzene rings is 2. The van der Waals surface area contributed by atoms with Crippen molar-refractivity contribution in [3.8, 4) is 5.75 Å². The first-order valence-electron chi connectivity index (χ1n) is 9.09. The number of hydrogen-bond donors (Lipinski definition) is 2. The van der Waals surface area contributed by atoms with Crippen molar-refractivity contribution < 1.29 is 4.74 Å². The van der Waals surface area contributed by atoms with Gasteiger partial charge in [0, 0.05) is 16.5 Å². The molecule has 0 aliphatic rings. The quantitative estimate of drug-likeness (QED) is 0.464.